The minimum Gasteiger partial charge on any atom is -0.399 e. The number of carbonyl (C=O) groups is 1. The summed E-state index contributed by atoms with van der Waals surface area (Å²) in [7, 11) is 1.78. The lowest BCUT2D eigenvalue weighted by molar-refractivity contribution is 0.0780. The van der Waals surface area contributed by atoms with E-state index in [1.165, 1.54) is 0 Å². The molecule has 0 bridgehead atoms. The molecule has 1 aromatic carbocycles. The molecule has 0 aliphatic rings. The summed E-state index contributed by atoms with van der Waals surface area (Å²) in [5, 5.41) is 0.940. The quantitative estimate of drug-likeness (QED) is 0.723. The number of fused-ring (bicyclic) bond motifs is 1. The molecule has 3 N–H and O–H groups in total. The largest absolute Gasteiger partial charge is 0.399 e. The Morgan fingerprint density at radius 3 is 2.76 bits per heavy atom. The number of benzene rings is 1. The number of nitrogens with zero attached hydrogens (tertiary/aromatic N) is 2. The van der Waals surface area contributed by atoms with Crippen LogP contribution in [-0.4, -0.2) is 27.8 Å². The highest BCUT2D eigenvalue weighted by Crippen LogP contribution is 2.19. The van der Waals surface area contributed by atoms with Crippen molar-refractivity contribution in [3.05, 3.63) is 60.0 Å². The predicted molar refractivity (Wildman–Crippen MR) is 82.7 cm³/mol. The first-order valence-electron chi connectivity index (χ1n) is 6.66. The van der Waals surface area contributed by atoms with Crippen LogP contribution in [0.15, 0.2) is 48.8 Å². The summed E-state index contributed by atoms with van der Waals surface area (Å²) in [6.07, 6.45) is 3.44. The molecule has 3 rings (SSSR count). The van der Waals surface area contributed by atoms with Gasteiger partial charge in [-0.3, -0.25) is 9.78 Å². The van der Waals surface area contributed by atoms with Crippen molar-refractivity contribution in [1.82, 2.24) is 14.9 Å². The minimum atomic E-state index is -0.0541. The molecule has 2 aromatic heterocycles. The molecule has 0 atom stereocenters. The number of nitrogen functional groups attached to an aromatic ring is 1. The van der Waals surface area contributed by atoms with E-state index in [4.69, 9.17) is 5.73 Å². The molecule has 0 saturated heterocycles. The first-order valence-corrected chi connectivity index (χ1v) is 6.66. The summed E-state index contributed by atoms with van der Waals surface area (Å²) in [6, 6.07) is 11.2. The molecule has 2 heterocycles. The van der Waals surface area contributed by atoms with Crippen molar-refractivity contribution >= 4 is 22.5 Å². The zero-order valence-corrected chi connectivity index (χ0v) is 11.7. The van der Waals surface area contributed by atoms with E-state index in [0.717, 1.165) is 16.5 Å². The summed E-state index contributed by atoms with van der Waals surface area (Å²) in [6.45, 7) is 0.541. The Morgan fingerprint density at radius 2 is 2.00 bits per heavy atom. The number of pyridine rings is 1. The van der Waals surface area contributed by atoms with E-state index in [1.54, 1.807) is 24.3 Å². The molecule has 21 heavy (non-hydrogen) atoms. The molecule has 3 aromatic rings. The number of aromatic nitrogens is 2. The number of aromatic amines is 1. The number of nitrogens with one attached hydrogen (secondary N) is 1. The van der Waals surface area contributed by atoms with Crippen molar-refractivity contribution in [2.45, 2.75) is 6.54 Å². The monoisotopic (exact) mass is 280 g/mol. The molecule has 0 fully saturated rings. The number of nitrogens with two attached hydrogens (primary N) is 1. The fraction of sp³-hybridized carbons (Fsp3) is 0.125. The normalized spacial score (nSPS) is 10.7. The lowest BCUT2D eigenvalue weighted by atomic mass is 10.2. The highest BCUT2D eigenvalue weighted by Gasteiger charge is 2.14. The van der Waals surface area contributed by atoms with Gasteiger partial charge in [-0.2, -0.15) is 0 Å². The van der Waals surface area contributed by atoms with Gasteiger partial charge >= 0.3 is 0 Å². The number of H-pyrrole nitrogens is 1. The van der Waals surface area contributed by atoms with Gasteiger partial charge < -0.3 is 15.6 Å². The second kappa shape index (κ2) is 5.28. The summed E-state index contributed by atoms with van der Waals surface area (Å²) in [5.41, 5.74) is 8.95. The Hall–Kier alpha value is -2.82. The highest BCUT2D eigenvalue weighted by atomic mass is 16.2. The Bertz CT molecular complexity index is 779. The standard InChI is InChI=1S/C16H16N4O/c1-20(10-11-4-6-18-7-5-11)16(21)15-9-12-8-13(17)2-3-14(12)19-15/h2-9,19H,10,17H2,1H3. The number of hydrogen-bond acceptors (Lipinski definition) is 3. The molecular weight excluding hydrogens is 264 g/mol. The van der Waals surface area contributed by atoms with E-state index in [-0.39, 0.29) is 5.91 Å². The highest BCUT2D eigenvalue weighted by molar-refractivity contribution is 5.98. The van der Waals surface area contributed by atoms with Crippen LogP contribution >= 0.6 is 0 Å². The van der Waals surface area contributed by atoms with Crippen LogP contribution in [0.25, 0.3) is 10.9 Å². The van der Waals surface area contributed by atoms with Gasteiger partial charge in [-0.25, -0.2) is 0 Å². The molecule has 0 unspecified atom stereocenters. The maximum Gasteiger partial charge on any atom is 0.270 e. The van der Waals surface area contributed by atoms with Crippen LogP contribution in [0, 0.1) is 0 Å². The average Bonchev–Trinajstić information content (AvgIpc) is 2.90. The van der Waals surface area contributed by atoms with Gasteiger partial charge in [0, 0.05) is 42.6 Å². The van der Waals surface area contributed by atoms with Crippen LogP contribution in [-0.2, 0) is 6.54 Å². The second-order valence-electron chi connectivity index (χ2n) is 5.05. The van der Waals surface area contributed by atoms with Gasteiger partial charge in [0.25, 0.3) is 5.91 Å². The summed E-state index contributed by atoms with van der Waals surface area (Å²) in [5.74, 6) is -0.0541. The third kappa shape index (κ3) is 2.72. The van der Waals surface area contributed by atoms with Gasteiger partial charge in [0.05, 0.1) is 0 Å². The fourth-order valence-corrected chi connectivity index (χ4v) is 2.31. The molecule has 1 amide bonds. The van der Waals surface area contributed by atoms with Crippen molar-refractivity contribution in [3.8, 4) is 0 Å². The van der Waals surface area contributed by atoms with Crippen molar-refractivity contribution in [1.29, 1.82) is 0 Å². The summed E-state index contributed by atoms with van der Waals surface area (Å²) in [4.78, 5) is 21.2. The molecule has 5 nitrogen and oxygen atoms in total. The van der Waals surface area contributed by atoms with Gasteiger partial charge in [-0.15, -0.1) is 0 Å². The van der Waals surface area contributed by atoms with E-state index in [1.807, 2.05) is 36.4 Å². The summed E-state index contributed by atoms with van der Waals surface area (Å²) < 4.78 is 0. The van der Waals surface area contributed by atoms with Gasteiger partial charge in [0.2, 0.25) is 0 Å². The summed E-state index contributed by atoms with van der Waals surface area (Å²) >= 11 is 0. The SMILES string of the molecule is CN(Cc1ccncc1)C(=O)c1cc2cc(N)ccc2[nH]1. The minimum absolute atomic E-state index is 0.0541. The predicted octanol–water partition coefficient (Wildman–Crippen LogP) is 2.42. The van der Waals surface area contributed by atoms with E-state index in [9.17, 15) is 4.79 Å². The van der Waals surface area contributed by atoms with Gasteiger partial charge in [-0.05, 0) is 42.0 Å². The first kappa shape index (κ1) is 13.2. The van der Waals surface area contributed by atoms with Crippen LogP contribution < -0.4 is 5.73 Å². The zero-order chi connectivity index (χ0) is 14.8. The molecular formula is C16H16N4O. The van der Waals surface area contributed by atoms with Crippen LogP contribution in [0.4, 0.5) is 5.69 Å². The molecule has 0 saturated carbocycles. The molecule has 0 aliphatic heterocycles. The Morgan fingerprint density at radius 1 is 1.24 bits per heavy atom. The van der Waals surface area contributed by atoms with Crippen molar-refractivity contribution < 1.29 is 4.79 Å². The maximum absolute atomic E-state index is 12.5. The zero-order valence-electron chi connectivity index (χ0n) is 11.7. The first-order chi connectivity index (χ1) is 10.1. The Labute approximate surface area is 122 Å². The topological polar surface area (TPSA) is 75.0 Å². The smallest absolute Gasteiger partial charge is 0.270 e. The molecule has 106 valence electrons. The second-order valence-corrected chi connectivity index (χ2v) is 5.05. The van der Waals surface area contributed by atoms with Crippen molar-refractivity contribution in [2.24, 2.45) is 0 Å². The molecule has 0 aliphatic carbocycles. The van der Waals surface area contributed by atoms with Crippen molar-refractivity contribution in [2.75, 3.05) is 12.8 Å². The number of rotatable bonds is 3. The molecule has 0 radical (unpaired) electrons. The van der Waals surface area contributed by atoms with Crippen LogP contribution in [0.2, 0.25) is 0 Å². The molecule has 0 spiro atoms. The van der Waals surface area contributed by atoms with E-state index in [0.29, 0.717) is 17.9 Å². The van der Waals surface area contributed by atoms with E-state index < -0.39 is 0 Å². The van der Waals surface area contributed by atoms with Crippen LogP contribution in [0.1, 0.15) is 16.1 Å². The maximum atomic E-state index is 12.5. The lowest BCUT2D eigenvalue weighted by Crippen LogP contribution is -2.26. The molecule has 5 heteroatoms. The Balaban J connectivity index is 1.82. The van der Waals surface area contributed by atoms with Crippen LogP contribution in [0.3, 0.4) is 0 Å². The van der Waals surface area contributed by atoms with Gasteiger partial charge in [0.15, 0.2) is 0 Å². The number of carbonyl (C=O) groups excluding carboxylic acids is 1. The number of amides is 1. The lowest BCUT2D eigenvalue weighted by Gasteiger charge is -2.16. The third-order valence-electron chi connectivity index (χ3n) is 3.39. The van der Waals surface area contributed by atoms with Crippen molar-refractivity contribution in [3.63, 3.8) is 0 Å². The fourth-order valence-electron chi connectivity index (χ4n) is 2.31. The van der Waals surface area contributed by atoms with Gasteiger partial charge in [0.1, 0.15) is 5.69 Å². The van der Waals surface area contributed by atoms with E-state index in [2.05, 4.69) is 9.97 Å². The number of anilines is 1. The Kier molecular flexibility index (Phi) is 3.31. The number of hydrogen-bond donors (Lipinski definition) is 2. The average molecular weight is 280 g/mol. The third-order valence-corrected chi connectivity index (χ3v) is 3.39. The van der Waals surface area contributed by atoms with E-state index >= 15 is 0 Å². The van der Waals surface area contributed by atoms with Crippen LogP contribution in [0.5, 0.6) is 0 Å². The van der Waals surface area contributed by atoms with Gasteiger partial charge in [-0.1, -0.05) is 0 Å².